The SMILES string of the molecule is C=C(C)C(=O)N[P+](CCCCCCCC)(CCCCCCCC)CCCCCCCC. The van der Waals surface area contributed by atoms with Gasteiger partial charge < -0.3 is 0 Å². The van der Waals surface area contributed by atoms with Crippen molar-refractivity contribution in [2.75, 3.05) is 18.5 Å². The average molecular weight is 455 g/mol. The Morgan fingerprint density at radius 1 is 0.581 bits per heavy atom. The van der Waals surface area contributed by atoms with Gasteiger partial charge in [-0.05, 0) is 45.4 Å². The second-order valence-electron chi connectivity index (χ2n) is 9.84. The van der Waals surface area contributed by atoms with E-state index in [-0.39, 0.29) is 5.91 Å². The molecule has 0 aliphatic rings. The van der Waals surface area contributed by atoms with Crippen molar-refractivity contribution in [1.82, 2.24) is 5.09 Å². The van der Waals surface area contributed by atoms with Crippen molar-refractivity contribution in [3.05, 3.63) is 12.2 Å². The summed E-state index contributed by atoms with van der Waals surface area (Å²) in [6.07, 6.45) is 27.8. The highest BCUT2D eigenvalue weighted by atomic mass is 31.2. The molecule has 0 aromatic carbocycles. The minimum absolute atomic E-state index is 0.122. The van der Waals surface area contributed by atoms with Gasteiger partial charge in [-0.25, -0.2) is 5.09 Å². The Morgan fingerprint density at radius 3 is 1.16 bits per heavy atom. The lowest BCUT2D eigenvalue weighted by Gasteiger charge is -2.28. The molecule has 31 heavy (non-hydrogen) atoms. The van der Waals surface area contributed by atoms with Crippen LogP contribution in [-0.4, -0.2) is 24.4 Å². The van der Waals surface area contributed by atoms with E-state index in [1.165, 1.54) is 134 Å². The number of nitrogens with one attached hydrogen (secondary N) is 1. The fourth-order valence-corrected chi connectivity index (χ4v) is 8.51. The molecule has 0 radical (unpaired) electrons. The zero-order valence-electron chi connectivity index (χ0n) is 21.9. The molecule has 184 valence electrons. The van der Waals surface area contributed by atoms with E-state index in [4.69, 9.17) is 0 Å². The van der Waals surface area contributed by atoms with Crippen molar-refractivity contribution >= 4 is 13.3 Å². The van der Waals surface area contributed by atoms with Crippen LogP contribution in [0.4, 0.5) is 0 Å². The van der Waals surface area contributed by atoms with Crippen molar-refractivity contribution in [2.24, 2.45) is 0 Å². The summed E-state index contributed by atoms with van der Waals surface area (Å²) in [7, 11) is -1.43. The molecular formula is C28H57NOP+. The van der Waals surface area contributed by atoms with Gasteiger partial charge in [-0.3, -0.25) is 4.79 Å². The molecule has 0 aromatic heterocycles. The zero-order valence-corrected chi connectivity index (χ0v) is 22.8. The van der Waals surface area contributed by atoms with E-state index in [9.17, 15) is 4.79 Å². The molecule has 0 saturated carbocycles. The van der Waals surface area contributed by atoms with Gasteiger partial charge in [0.2, 0.25) is 0 Å². The van der Waals surface area contributed by atoms with E-state index in [1.54, 1.807) is 0 Å². The van der Waals surface area contributed by atoms with E-state index < -0.39 is 7.41 Å². The van der Waals surface area contributed by atoms with Crippen LogP contribution in [0.3, 0.4) is 0 Å². The first-order chi connectivity index (χ1) is 15.0. The Kier molecular flexibility index (Phi) is 21.2. The third-order valence-electron chi connectivity index (χ3n) is 6.55. The van der Waals surface area contributed by atoms with Crippen LogP contribution in [0.1, 0.15) is 143 Å². The molecule has 0 rings (SSSR count). The molecule has 0 atom stereocenters. The third kappa shape index (κ3) is 17.8. The van der Waals surface area contributed by atoms with E-state index in [0.29, 0.717) is 5.57 Å². The molecule has 0 unspecified atom stereocenters. The van der Waals surface area contributed by atoms with Crippen molar-refractivity contribution < 1.29 is 4.79 Å². The third-order valence-corrected chi connectivity index (χ3v) is 10.7. The van der Waals surface area contributed by atoms with Crippen molar-refractivity contribution in [3.63, 3.8) is 0 Å². The summed E-state index contributed by atoms with van der Waals surface area (Å²) in [5.74, 6) is 0.122. The quantitative estimate of drug-likeness (QED) is 0.0929. The lowest BCUT2D eigenvalue weighted by Crippen LogP contribution is -2.30. The number of amides is 1. The highest BCUT2D eigenvalue weighted by Gasteiger charge is 2.38. The molecule has 1 amide bonds. The van der Waals surface area contributed by atoms with Crippen LogP contribution in [0, 0.1) is 0 Å². The summed E-state index contributed by atoms with van der Waals surface area (Å²) < 4.78 is 0. The maximum Gasteiger partial charge on any atom is 0.277 e. The molecular weight excluding hydrogens is 397 g/mol. The van der Waals surface area contributed by atoms with Crippen LogP contribution in [0.2, 0.25) is 0 Å². The standard InChI is InChI=1S/C28H56NOP/c1-6-9-12-15-18-21-24-31(29-28(30)27(4)5,25-22-19-16-13-10-7-2)26-23-20-17-14-11-8-3/h4,6-26H2,1-3,5H3/p+1. The predicted molar refractivity (Wildman–Crippen MR) is 145 cm³/mol. The average Bonchev–Trinajstić information content (AvgIpc) is 2.75. The Morgan fingerprint density at radius 2 is 0.871 bits per heavy atom. The lowest BCUT2D eigenvalue weighted by molar-refractivity contribution is -0.115. The normalized spacial score (nSPS) is 11.6. The van der Waals surface area contributed by atoms with E-state index in [1.807, 2.05) is 6.92 Å². The van der Waals surface area contributed by atoms with Gasteiger partial charge in [-0.2, -0.15) is 0 Å². The molecule has 1 N–H and O–H groups in total. The Hall–Kier alpha value is -0.360. The number of unbranched alkanes of at least 4 members (excludes halogenated alkanes) is 15. The first kappa shape index (κ1) is 30.6. The van der Waals surface area contributed by atoms with Gasteiger partial charge in [0.25, 0.3) is 5.91 Å². The van der Waals surface area contributed by atoms with Gasteiger partial charge in [-0.1, -0.05) is 104 Å². The van der Waals surface area contributed by atoms with E-state index >= 15 is 0 Å². The van der Waals surface area contributed by atoms with Gasteiger partial charge in [0, 0.05) is 5.57 Å². The van der Waals surface area contributed by atoms with Gasteiger partial charge in [-0.15, -0.1) is 0 Å². The molecule has 0 heterocycles. The molecule has 0 aromatic rings. The summed E-state index contributed by atoms with van der Waals surface area (Å²) in [5.41, 5.74) is 0.679. The Balaban J connectivity index is 4.88. The number of carbonyl (C=O) groups is 1. The minimum atomic E-state index is -1.43. The van der Waals surface area contributed by atoms with Gasteiger partial charge in [0.15, 0.2) is 0 Å². The molecule has 0 fully saturated rings. The topological polar surface area (TPSA) is 29.1 Å². The largest absolute Gasteiger partial charge is 0.277 e. The smallest absolute Gasteiger partial charge is 0.266 e. The van der Waals surface area contributed by atoms with E-state index in [0.717, 1.165) is 0 Å². The predicted octanol–water partition coefficient (Wildman–Crippen LogP) is 9.69. The van der Waals surface area contributed by atoms with Gasteiger partial charge in [0.05, 0.1) is 18.5 Å². The first-order valence-electron chi connectivity index (χ1n) is 13.9. The minimum Gasteiger partial charge on any atom is -0.266 e. The molecule has 0 bridgehead atoms. The molecule has 2 nitrogen and oxygen atoms in total. The summed E-state index contributed by atoms with van der Waals surface area (Å²) in [4.78, 5) is 12.7. The summed E-state index contributed by atoms with van der Waals surface area (Å²) >= 11 is 0. The first-order valence-corrected chi connectivity index (χ1v) is 16.2. The lowest BCUT2D eigenvalue weighted by atomic mass is 10.1. The monoisotopic (exact) mass is 454 g/mol. The molecule has 0 spiro atoms. The maximum absolute atomic E-state index is 12.7. The van der Waals surface area contributed by atoms with Crippen molar-refractivity contribution in [2.45, 2.75) is 143 Å². The molecule has 0 aliphatic heterocycles. The Bertz CT molecular complexity index is 394. The van der Waals surface area contributed by atoms with Crippen molar-refractivity contribution in [3.8, 4) is 0 Å². The number of hydrogen-bond acceptors (Lipinski definition) is 1. The maximum atomic E-state index is 12.7. The fraction of sp³-hybridized carbons (Fsp3) is 0.893. The summed E-state index contributed by atoms with van der Waals surface area (Å²) in [6, 6.07) is 0. The van der Waals surface area contributed by atoms with Crippen LogP contribution in [0.5, 0.6) is 0 Å². The second-order valence-corrected chi connectivity index (χ2v) is 13.7. The second kappa shape index (κ2) is 21.5. The zero-order chi connectivity index (χ0) is 23.2. The number of hydrogen-bond donors (Lipinski definition) is 1. The van der Waals surface area contributed by atoms with Crippen molar-refractivity contribution in [1.29, 1.82) is 0 Å². The van der Waals surface area contributed by atoms with Crippen LogP contribution in [-0.2, 0) is 4.79 Å². The van der Waals surface area contributed by atoms with Gasteiger partial charge in [0.1, 0.15) is 7.41 Å². The van der Waals surface area contributed by atoms with Crippen LogP contribution in [0.25, 0.3) is 0 Å². The summed E-state index contributed by atoms with van der Waals surface area (Å²) in [5, 5.41) is 3.61. The van der Waals surface area contributed by atoms with Gasteiger partial charge >= 0.3 is 0 Å². The van der Waals surface area contributed by atoms with E-state index in [2.05, 4.69) is 32.4 Å². The number of rotatable bonds is 23. The fourth-order valence-electron chi connectivity index (χ4n) is 4.40. The number of carbonyl (C=O) groups excluding carboxylic acids is 1. The molecule has 0 aliphatic carbocycles. The Labute approximate surface area is 197 Å². The van der Waals surface area contributed by atoms with Crippen LogP contribution in [0.15, 0.2) is 12.2 Å². The van der Waals surface area contributed by atoms with Crippen LogP contribution < -0.4 is 5.09 Å². The highest BCUT2D eigenvalue weighted by Crippen LogP contribution is 2.57. The van der Waals surface area contributed by atoms with Crippen LogP contribution >= 0.6 is 7.41 Å². The highest BCUT2D eigenvalue weighted by molar-refractivity contribution is 7.74. The summed E-state index contributed by atoms with van der Waals surface area (Å²) in [6.45, 7) is 12.6. The molecule has 0 saturated heterocycles. The molecule has 3 heteroatoms.